The zero-order valence-electron chi connectivity index (χ0n) is 18.1. The van der Waals surface area contributed by atoms with Crippen LogP contribution in [-0.2, 0) is 26.3 Å². The van der Waals surface area contributed by atoms with Crippen LogP contribution in [0.25, 0.3) is 0 Å². The first-order chi connectivity index (χ1) is 15.5. The monoisotopic (exact) mass is 477 g/mol. The molecule has 2 aromatic carbocycles. The van der Waals surface area contributed by atoms with Crippen molar-refractivity contribution in [2.75, 3.05) is 7.11 Å². The molecular weight excluding hydrogens is 455 g/mol. The van der Waals surface area contributed by atoms with Crippen LogP contribution < -0.4 is 0 Å². The van der Waals surface area contributed by atoms with E-state index in [9.17, 15) is 27.9 Å². The van der Waals surface area contributed by atoms with E-state index in [1.807, 2.05) is 0 Å². The fourth-order valence-corrected chi connectivity index (χ4v) is 4.97. The molecule has 2 aromatic rings. The normalized spacial score (nSPS) is 18.7. The van der Waals surface area contributed by atoms with Crippen molar-refractivity contribution in [3.05, 3.63) is 76.5 Å². The Morgan fingerprint density at radius 2 is 1.82 bits per heavy atom. The number of alkyl halides is 3. The summed E-state index contributed by atoms with van der Waals surface area (Å²) in [5.41, 5.74) is 1.21. The molecule has 9 heteroatoms. The van der Waals surface area contributed by atoms with E-state index in [1.54, 1.807) is 44.2 Å². The van der Waals surface area contributed by atoms with E-state index in [0.717, 1.165) is 12.1 Å². The number of thioether (sulfide) groups is 1. The Bertz CT molecular complexity index is 1140. The highest BCUT2D eigenvalue weighted by Crippen LogP contribution is 2.43. The summed E-state index contributed by atoms with van der Waals surface area (Å²) in [6.07, 6.45) is -4.44. The van der Waals surface area contributed by atoms with Gasteiger partial charge in [-0.25, -0.2) is 4.79 Å². The molecule has 0 aromatic heterocycles. The number of ether oxygens (including phenoxy) is 1. The predicted molar refractivity (Wildman–Crippen MR) is 119 cm³/mol. The summed E-state index contributed by atoms with van der Waals surface area (Å²) < 4.78 is 44.1. The zero-order chi connectivity index (χ0) is 24.3. The topological polar surface area (TPSA) is 76.0 Å². The minimum absolute atomic E-state index is 0.155. The van der Waals surface area contributed by atoms with Crippen molar-refractivity contribution in [2.45, 2.75) is 36.6 Å². The van der Waals surface area contributed by atoms with Crippen molar-refractivity contribution in [2.24, 2.45) is 10.9 Å². The lowest BCUT2D eigenvalue weighted by Gasteiger charge is -2.31. The molecule has 0 fully saturated rings. The fourth-order valence-electron chi connectivity index (χ4n) is 3.94. The van der Waals surface area contributed by atoms with Gasteiger partial charge in [0.05, 0.1) is 18.2 Å². The van der Waals surface area contributed by atoms with Crippen molar-refractivity contribution in [3.63, 3.8) is 0 Å². The van der Waals surface area contributed by atoms with Crippen LogP contribution >= 0.6 is 11.8 Å². The predicted octanol–water partition coefficient (Wildman–Crippen LogP) is 5.70. The third kappa shape index (κ3) is 5.30. The number of aliphatic carboxylic acids is 1. The fraction of sp³-hybridized carbons (Fsp3) is 0.292. The number of benzene rings is 2. The van der Waals surface area contributed by atoms with Gasteiger partial charge < -0.3 is 9.84 Å². The van der Waals surface area contributed by atoms with E-state index in [0.29, 0.717) is 27.4 Å². The van der Waals surface area contributed by atoms with E-state index >= 15 is 0 Å². The molecule has 1 aliphatic heterocycles. The first-order valence-corrected chi connectivity index (χ1v) is 11.0. The van der Waals surface area contributed by atoms with Crippen LogP contribution in [0.1, 0.15) is 36.5 Å². The molecule has 1 heterocycles. The molecule has 0 radical (unpaired) electrons. The standard InChI is InChI=1S/C24H22F3NO4S/c1-13-19(22(29)30)21(20(14(2)28-13)23(31)32-3)17-9-4-5-10-18(17)33-12-15-7-6-8-16(11-15)24(25,26)27/h4-11,19,21H,12H2,1-3H3,(H,29,30). The van der Waals surface area contributed by atoms with Gasteiger partial charge in [-0.05, 0) is 37.1 Å². The number of carbonyl (C=O) groups excluding carboxylic acids is 1. The molecule has 1 aliphatic rings. The van der Waals surface area contributed by atoms with Crippen LogP contribution in [0.15, 0.2) is 69.7 Å². The Labute approximate surface area is 193 Å². The molecular formula is C24H22F3NO4S. The lowest BCUT2D eigenvalue weighted by molar-refractivity contribution is -0.140. The van der Waals surface area contributed by atoms with E-state index < -0.39 is 35.5 Å². The summed E-state index contributed by atoms with van der Waals surface area (Å²) in [5.74, 6) is -3.50. The van der Waals surface area contributed by atoms with Crippen LogP contribution in [0.4, 0.5) is 13.2 Å². The molecule has 2 atom stereocenters. The maximum absolute atomic E-state index is 13.1. The second kappa shape index (κ2) is 9.82. The van der Waals surface area contributed by atoms with Gasteiger partial charge in [0.2, 0.25) is 0 Å². The number of aliphatic imine (C=N–C) groups is 1. The molecule has 3 rings (SSSR count). The lowest BCUT2D eigenvalue weighted by atomic mass is 9.75. The number of halogens is 3. The molecule has 0 bridgehead atoms. The number of esters is 1. The summed E-state index contributed by atoms with van der Waals surface area (Å²) in [5, 5.41) is 9.94. The average Bonchev–Trinajstić information content (AvgIpc) is 2.76. The minimum Gasteiger partial charge on any atom is -0.481 e. The number of nitrogens with zero attached hydrogens (tertiary/aromatic N) is 1. The Balaban J connectivity index is 2.02. The molecule has 33 heavy (non-hydrogen) atoms. The Morgan fingerprint density at radius 1 is 1.12 bits per heavy atom. The molecule has 5 nitrogen and oxygen atoms in total. The van der Waals surface area contributed by atoms with E-state index in [2.05, 4.69) is 4.99 Å². The van der Waals surface area contributed by atoms with E-state index in [1.165, 1.54) is 24.9 Å². The van der Waals surface area contributed by atoms with Crippen LogP contribution in [0, 0.1) is 5.92 Å². The minimum atomic E-state index is -4.44. The van der Waals surface area contributed by atoms with Gasteiger partial charge in [0.1, 0.15) is 5.92 Å². The number of rotatable bonds is 6. The Hall–Kier alpha value is -3.07. The summed E-state index contributed by atoms with van der Waals surface area (Å²) in [6.45, 7) is 3.22. The van der Waals surface area contributed by atoms with Crippen molar-refractivity contribution in [1.82, 2.24) is 0 Å². The van der Waals surface area contributed by atoms with Crippen LogP contribution in [-0.4, -0.2) is 29.9 Å². The summed E-state index contributed by atoms with van der Waals surface area (Å²) >= 11 is 1.28. The number of methoxy groups -OCH3 is 1. The quantitative estimate of drug-likeness (QED) is 0.426. The van der Waals surface area contributed by atoms with Crippen molar-refractivity contribution in [1.29, 1.82) is 0 Å². The molecule has 0 amide bonds. The van der Waals surface area contributed by atoms with Gasteiger partial charge in [0.15, 0.2) is 0 Å². The summed E-state index contributed by atoms with van der Waals surface area (Å²) in [7, 11) is 1.22. The number of carbonyl (C=O) groups is 2. The van der Waals surface area contributed by atoms with Gasteiger partial charge in [-0.2, -0.15) is 13.2 Å². The van der Waals surface area contributed by atoms with Gasteiger partial charge in [-0.3, -0.25) is 9.79 Å². The average molecular weight is 478 g/mol. The number of carboxylic acid groups (broad SMARTS) is 1. The number of allylic oxidation sites excluding steroid dienone is 1. The van der Waals surface area contributed by atoms with Gasteiger partial charge in [0, 0.05) is 28.0 Å². The van der Waals surface area contributed by atoms with Crippen molar-refractivity contribution >= 4 is 29.4 Å². The smallest absolute Gasteiger partial charge is 0.416 e. The maximum atomic E-state index is 13.1. The third-order valence-electron chi connectivity index (χ3n) is 5.40. The van der Waals surface area contributed by atoms with Gasteiger partial charge in [-0.1, -0.05) is 36.4 Å². The zero-order valence-corrected chi connectivity index (χ0v) is 19.0. The van der Waals surface area contributed by atoms with E-state index in [4.69, 9.17) is 4.74 Å². The first kappa shape index (κ1) is 24.6. The molecule has 0 saturated heterocycles. The second-order valence-electron chi connectivity index (χ2n) is 7.56. The van der Waals surface area contributed by atoms with Crippen LogP contribution in [0.2, 0.25) is 0 Å². The first-order valence-electron chi connectivity index (χ1n) is 9.99. The van der Waals surface area contributed by atoms with Crippen molar-refractivity contribution < 1.29 is 32.6 Å². The van der Waals surface area contributed by atoms with Crippen molar-refractivity contribution in [3.8, 4) is 0 Å². The Morgan fingerprint density at radius 3 is 2.45 bits per heavy atom. The molecule has 2 unspecified atom stereocenters. The molecule has 174 valence electrons. The highest BCUT2D eigenvalue weighted by molar-refractivity contribution is 7.98. The highest BCUT2D eigenvalue weighted by Gasteiger charge is 2.42. The Kier molecular flexibility index (Phi) is 7.31. The third-order valence-corrected chi connectivity index (χ3v) is 6.56. The van der Waals surface area contributed by atoms with Crippen LogP contribution in [0.3, 0.4) is 0 Å². The number of carboxylic acids is 1. The number of hydrogen-bond acceptors (Lipinski definition) is 5. The second-order valence-corrected chi connectivity index (χ2v) is 8.58. The number of hydrogen-bond donors (Lipinski definition) is 1. The summed E-state index contributed by atoms with van der Waals surface area (Å²) in [4.78, 5) is 29.7. The lowest BCUT2D eigenvalue weighted by Crippen LogP contribution is -2.35. The van der Waals surface area contributed by atoms with Gasteiger partial charge in [0.25, 0.3) is 0 Å². The van der Waals surface area contributed by atoms with Gasteiger partial charge in [-0.15, -0.1) is 11.8 Å². The maximum Gasteiger partial charge on any atom is 0.416 e. The molecule has 0 aliphatic carbocycles. The molecule has 1 N–H and O–H groups in total. The SMILES string of the molecule is COC(=O)C1=C(C)N=C(C)C(C(=O)O)C1c1ccccc1SCc1cccc(C(F)(F)F)c1. The largest absolute Gasteiger partial charge is 0.481 e. The van der Waals surface area contributed by atoms with Gasteiger partial charge >= 0.3 is 18.1 Å². The van der Waals surface area contributed by atoms with Crippen LogP contribution in [0.5, 0.6) is 0 Å². The molecule has 0 spiro atoms. The summed E-state index contributed by atoms with van der Waals surface area (Å²) in [6, 6.07) is 12.0. The molecule has 0 saturated carbocycles. The van der Waals surface area contributed by atoms with E-state index in [-0.39, 0.29) is 11.3 Å². The highest BCUT2D eigenvalue weighted by atomic mass is 32.2.